The van der Waals surface area contributed by atoms with Crippen molar-refractivity contribution in [3.8, 4) is 0 Å². The molecule has 4 rings (SSSR count). The molecule has 1 unspecified atom stereocenters. The highest BCUT2D eigenvalue weighted by atomic mass is 32.2. The molecule has 0 spiro atoms. The fraction of sp³-hybridized carbons (Fsp3) is 0.536. The van der Waals surface area contributed by atoms with Gasteiger partial charge >= 0.3 is 11.7 Å². The van der Waals surface area contributed by atoms with E-state index in [1.54, 1.807) is 12.1 Å². The minimum Gasteiger partial charge on any atom is -0.382 e. The van der Waals surface area contributed by atoms with Crippen molar-refractivity contribution in [3.05, 3.63) is 54.1 Å². The summed E-state index contributed by atoms with van der Waals surface area (Å²) in [5, 5.41) is 6.67. The number of nitrogens with zero attached hydrogens (tertiary/aromatic N) is 2. The van der Waals surface area contributed by atoms with Crippen LogP contribution >= 0.6 is 11.8 Å². The molecule has 0 radical (unpaired) electrons. The van der Waals surface area contributed by atoms with Crippen LogP contribution < -0.4 is 10.6 Å². The number of piperidine rings is 2. The number of rotatable bonds is 9. The fourth-order valence-corrected chi connectivity index (χ4v) is 5.75. The average molecular weight is 589 g/mol. The molecule has 2 aliphatic heterocycles. The van der Waals surface area contributed by atoms with Gasteiger partial charge in [-0.05, 0) is 98.9 Å². The number of hydrogen-bond donors (Lipinski definition) is 2. The molecule has 220 valence electrons. The molecule has 1 atom stereocenters. The molecular weight excluding hydrogens is 554 g/mol. The van der Waals surface area contributed by atoms with Gasteiger partial charge in [0.2, 0.25) is 5.91 Å². The average Bonchev–Trinajstić information content (AvgIpc) is 2.90. The van der Waals surface area contributed by atoms with Crippen LogP contribution in [0.1, 0.15) is 44.1 Å². The molecule has 2 aliphatic rings. The van der Waals surface area contributed by atoms with E-state index in [-0.39, 0.29) is 34.6 Å². The van der Waals surface area contributed by atoms with Crippen LogP contribution in [0.15, 0.2) is 53.4 Å². The Morgan fingerprint density at radius 3 is 2.02 bits per heavy atom. The van der Waals surface area contributed by atoms with E-state index in [1.807, 2.05) is 4.90 Å². The van der Waals surface area contributed by atoms with Crippen molar-refractivity contribution in [2.24, 2.45) is 0 Å². The topological polar surface area (TPSA) is 47.6 Å². The number of halogens is 6. The molecule has 2 heterocycles. The Kier molecular flexibility index (Phi) is 10.2. The van der Waals surface area contributed by atoms with Gasteiger partial charge in [-0.25, -0.2) is 0 Å². The van der Waals surface area contributed by atoms with E-state index >= 15 is 0 Å². The van der Waals surface area contributed by atoms with Crippen molar-refractivity contribution in [2.75, 3.05) is 43.4 Å². The predicted octanol–water partition coefficient (Wildman–Crippen LogP) is 7.08. The van der Waals surface area contributed by atoms with Crippen LogP contribution in [-0.4, -0.2) is 66.0 Å². The summed E-state index contributed by atoms with van der Waals surface area (Å²) in [5.41, 5.74) is -3.55. The molecule has 2 saturated heterocycles. The van der Waals surface area contributed by atoms with Gasteiger partial charge in [-0.2, -0.15) is 26.3 Å². The van der Waals surface area contributed by atoms with Gasteiger partial charge in [0.15, 0.2) is 0 Å². The zero-order valence-electron chi connectivity index (χ0n) is 22.0. The van der Waals surface area contributed by atoms with Crippen LogP contribution in [0.25, 0.3) is 0 Å². The summed E-state index contributed by atoms with van der Waals surface area (Å²) in [4.78, 5) is 17.2. The van der Waals surface area contributed by atoms with E-state index in [9.17, 15) is 31.1 Å². The number of nitrogens with one attached hydrogen (secondary N) is 2. The van der Waals surface area contributed by atoms with Crippen LogP contribution in [0, 0.1) is 0 Å². The van der Waals surface area contributed by atoms with Gasteiger partial charge < -0.3 is 20.4 Å². The maximum absolute atomic E-state index is 12.8. The lowest BCUT2D eigenvalue weighted by molar-refractivity contribution is -0.137. The molecule has 0 aliphatic carbocycles. The van der Waals surface area contributed by atoms with Crippen molar-refractivity contribution in [3.63, 3.8) is 0 Å². The van der Waals surface area contributed by atoms with E-state index in [1.165, 1.54) is 24.3 Å². The number of amides is 1. The number of hydrogen-bond acceptors (Lipinski definition) is 5. The fourth-order valence-electron chi connectivity index (χ4n) is 5.21. The van der Waals surface area contributed by atoms with Gasteiger partial charge in [-0.1, -0.05) is 0 Å². The molecule has 12 heteroatoms. The predicted molar refractivity (Wildman–Crippen MR) is 145 cm³/mol. The SMILES string of the molecule is O=C(CCCN1CCC(Nc2ccc(C(F)(F)F)cc2)CC1)N1CCCC(Nc2ccc(SC(F)(F)F)cc2)C1. The highest BCUT2D eigenvalue weighted by Crippen LogP contribution is 2.37. The van der Waals surface area contributed by atoms with Crippen molar-refractivity contribution in [2.45, 2.75) is 67.2 Å². The highest BCUT2D eigenvalue weighted by molar-refractivity contribution is 8.00. The lowest BCUT2D eigenvalue weighted by atomic mass is 10.0. The molecule has 2 fully saturated rings. The zero-order valence-corrected chi connectivity index (χ0v) is 22.8. The van der Waals surface area contributed by atoms with E-state index in [4.69, 9.17) is 0 Å². The van der Waals surface area contributed by atoms with Crippen molar-refractivity contribution in [1.29, 1.82) is 0 Å². The normalized spacial score (nSPS) is 19.4. The van der Waals surface area contributed by atoms with Crippen LogP contribution in [0.2, 0.25) is 0 Å². The third-order valence-corrected chi connectivity index (χ3v) is 8.01. The highest BCUT2D eigenvalue weighted by Gasteiger charge is 2.31. The summed E-state index contributed by atoms with van der Waals surface area (Å²) in [6.45, 7) is 3.82. The quantitative estimate of drug-likeness (QED) is 0.242. The lowest BCUT2D eigenvalue weighted by Crippen LogP contribution is -2.45. The second-order valence-corrected chi connectivity index (χ2v) is 11.5. The van der Waals surface area contributed by atoms with Gasteiger partial charge in [0.1, 0.15) is 0 Å². The largest absolute Gasteiger partial charge is 0.446 e. The molecule has 2 aromatic rings. The van der Waals surface area contributed by atoms with Gasteiger partial charge in [0.05, 0.1) is 5.56 Å². The van der Waals surface area contributed by atoms with Gasteiger partial charge in [-0.15, -0.1) is 0 Å². The Hall–Kier alpha value is -2.60. The van der Waals surface area contributed by atoms with E-state index in [0.717, 1.165) is 69.6 Å². The first-order valence-corrected chi connectivity index (χ1v) is 14.3. The van der Waals surface area contributed by atoms with E-state index in [2.05, 4.69) is 15.5 Å². The first kappa shape index (κ1) is 30.4. The molecule has 0 saturated carbocycles. The first-order valence-electron chi connectivity index (χ1n) is 13.5. The minimum atomic E-state index is -4.34. The van der Waals surface area contributed by atoms with Gasteiger partial charge in [0, 0.05) is 61.0 Å². The third kappa shape index (κ3) is 9.50. The Labute approximate surface area is 234 Å². The maximum atomic E-state index is 12.8. The summed E-state index contributed by atoms with van der Waals surface area (Å²) in [7, 11) is 0. The van der Waals surface area contributed by atoms with Crippen molar-refractivity contribution < 1.29 is 31.1 Å². The second-order valence-electron chi connectivity index (χ2n) is 10.3. The van der Waals surface area contributed by atoms with E-state index < -0.39 is 17.2 Å². The molecule has 40 heavy (non-hydrogen) atoms. The molecular formula is C28H34F6N4OS. The number of carbonyl (C=O) groups is 1. The van der Waals surface area contributed by atoms with Crippen LogP contribution in [0.5, 0.6) is 0 Å². The summed E-state index contributed by atoms with van der Waals surface area (Å²) < 4.78 is 75.8. The molecule has 0 bridgehead atoms. The van der Waals surface area contributed by atoms with Crippen LogP contribution in [0.4, 0.5) is 37.7 Å². The zero-order chi connectivity index (χ0) is 28.8. The lowest BCUT2D eigenvalue weighted by Gasteiger charge is -2.35. The number of benzene rings is 2. The van der Waals surface area contributed by atoms with Crippen LogP contribution in [-0.2, 0) is 11.0 Å². The molecule has 2 aromatic carbocycles. The Bertz CT molecular complexity index is 1090. The number of anilines is 2. The smallest absolute Gasteiger partial charge is 0.382 e. The molecule has 1 amide bonds. The van der Waals surface area contributed by atoms with Crippen LogP contribution in [0.3, 0.4) is 0 Å². The van der Waals surface area contributed by atoms with Crippen molar-refractivity contribution in [1.82, 2.24) is 9.80 Å². The molecule has 5 nitrogen and oxygen atoms in total. The summed E-state index contributed by atoms with van der Waals surface area (Å²) in [6, 6.07) is 11.5. The monoisotopic (exact) mass is 588 g/mol. The number of carbonyl (C=O) groups excluding carboxylic acids is 1. The van der Waals surface area contributed by atoms with Gasteiger partial charge in [-0.3, -0.25) is 4.79 Å². The summed E-state index contributed by atoms with van der Waals surface area (Å²) in [5.74, 6) is 0.113. The number of thioether (sulfide) groups is 1. The summed E-state index contributed by atoms with van der Waals surface area (Å²) in [6.07, 6.45) is 0.384. The molecule has 0 aromatic heterocycles. The van der Waals surface area contributed by atoms with E-state index in [0.29, 0.717) is 25.2 Å². The maximum Gasteiger partial charge on any atom is 0.446 e. The minimum absolute atomic E-state index is 0.0509. The number of alkyl halides is 6. The first-order chi connectivity index (χ1) is 18.9. The Morgan fingerprint density at radius 1 is 0.825 bits per heavy atom. The number of likely N-dealkylation sites (tertiary alicyclic amines) is 2. The molecule has 2 N–H and O–H groups in total. The Morgan fingerprint density at radius 2 is 1.43 bits per heavy atom. The van der Waals surface area contributed by atoms with Crippen molar-refractivity contribution >= 4 is 29.0 Å². The second kappa shape index (κ2) is 13.4. The third-order valence-electron chi connectivity index (χ3n) is 7.27. The Balaban J connectivity index is 1.13. The summed E-state index contributed by atoms with van der Waals surface area (Å²) >= 11 is -0.140. The van der Waals surface area contributed by atoms with Gasteiger partial charge in [0.25, 0.3) is 0 Å². The standard InChI is InChI=1S/C28H34F6N4OS/c29-27(30,31)20-5-7-21(8-6-20)35-23-13-17-37(18-14-23)15-2-4-26(39)38-16-1-3-24(19-38)36-22-9-11-25(12-10-22)40-28(32,33)34/h5-12,23-24,35-36H,1-4,13-19H2.